The molecule has 12 heavy (non-hydrogen) atoms. The fraction of sp³-hybridized carbons (Fsp3) is 0.333. The highest BCUT2D eigenvalue weighted by Crippen LogP contribution is 2.25. The predicted octanol–water partition coefficient (Wildman–Crippen LogP) is 2.89. The molecule has 0 aliphatic carbocycles. The Bertz CT molecular complexity index is 255. The second-order valence-corrected chi connectivity index (χ2v) is 3.06. The summed E-state index contributed by atoms with van der Waals surface area (Å²) in [7, 11) is 0. The molecule has 1 atom stereocenters. The first kappa shape index (κ1) is 9.49. The van der Waals surface area contributed by atoms with Crippen LogP contribution in [0.1, 0.15) is 24.9 Å². The number of halogens is 2. The number of nitrogens with two attached hydrogens (primary N) is 1. The van der Waals surface area contributed by atoms with Crippen LogP contribution in [-0.4, -0.2) is 0 Å². The molecule has 1 rings (SSSR count). The van der Waals surface area contributed by atoms with Gasteiger partial charge in [-0.3, -0.25) is 0 Å². The van der Waals surface area contributed by atoms with Crippen molar-refractivity contribution in [3.8, 4) is 0 Å². The van der Waals surface area contributed by atoms with E-state index in [1.165, 1.54) is 6.07 Å². The molecule has 1 unspecified atom stereocenters. The zero-order valence-corrected chi connectivity index (χ0v) is 7.61. The Morgan fingerprint density at radius 3 is 2.75 bits per heavy atom. The van der Waals surface area contributed by atoms with Crippen LogP contribution in [0.5, 0.6) is 0 Å². The van der Waals surface area contributed by atoms with Crippen molar-refractivity contribution >= 4 is 11.6 Å². The van der Waals surface area contributed by atoms with E-state index in [2.05, 4.69) is 0 Å². The highest BCUT2D eigenvalue weighted by Gasteiger charge is 2.12. The van der Waals surface area contributed by atoms with Gasteiger partial charge >= 0.3 is 0 Å². The van der Waals surface area contributed by atoms with Crippen molar-refractivity contribution in [2.24, 2.45) is 5.73 Å². The van der Waals surface area contributed by atoms with E-state index in [-0.39, 0.29) is 11.9 Å². The topological polar surface area (TPSA) is 26.0 Å². The summed E-state index contributed by atoms with van der Waals surface area (Å²) in [5.74, 6) is -0.322. The highest BCUT2D eigenvalue weighted by atomic mass is 35.5. The summed E-state index contributed by atoms with van der Waals surface area (Å²) in [6.45, 7) is 1.90. The summed E-state index contributed by atoms with van der Waals surface area (Å²) in [6, 6.07) is 4.29. The summed E-state index contributed by atoms with van der Waals surface area (Å²) >= 11 is 5.78. The number of benzene rings is 1. The van der Waals surface area contributed by atoms with Crippen molar-refractivity contribution in [2.45, 2.75) is 19.4 Å². The molecule has 0 spiro atoms. The van der Waals surface area contributed by atoms with Gasteiger partial charge in [-0.25, -0.2) is 4.39 Å². The third kappa shape index (κ3) is 1.76. The lowest BCUT2D eigenvalue weighted by Gasteiger charge is -2.11. The van der Waals surface area contributed by atoms with Crippen LogP contribution in [0.15, 0.2) is 18.2 Å². The lowest BCUT2D eigenvalue weighted by atomic mass is 10.1. The Kier molecular flexibility index (Phi) is 3.06. The summed E-state index contributed by atoms with van der Waals surface area (Å²) < 4.78 is 13.1. The van der Waals surface area contributed by atoms with Gasteiger partial charge in [-0.2, -0.15) is 0 Å². The van der Waals surface area contributed by atoms with Gasteiger partial charge in [0.25, 0.3) is 0 Å². The summed E-state index contributed by atoms with van der Waals surface area (Å²) in [5.41, 5.74) is 6.09. The van der Waals surface area contributed by atoms with E-state index in [1.54, 1.807) is 12.1 Å². The van der Waals surface area contributed by atoms with E-state index in [1.807, 2.05) is 6.92 Å². The Hall–Kier alpha value is -0.600. The fourth-order valence-electron chi connectivity index (χ4n) is 1.07. The quantitative estimate of drug-likeness (QED) is 0.757. The predicted molar refractivity (Wildman–Crippen MR) is 48.6 cm³/mol. The molecule has 0 aliphatic heterocycles. The SMILES string of the molecule is CCC(N)c1c(F)cccc1Cl. The van der Waals surface area contributed by atoms with Gasteiger partial charge in [-0.1, -0.05) is 24.6 Å². The van der Waals surface area contributed by atoms with Gasteiger partial charge in [-0.05, 0) is 18.6 Å². The van der Waals surface area contributed by atoms with E-state index in [0.717, 1.165) is 0 Å². The monoisotopic (exact) mass is 187 g/mol. The summed E-state index contributed by atoms with van der Waals surface area (Å²) in [6.07, 6.45) is 0.681. The molecule has 66 valence electrons. The molecule has 2 N–H and O–H groups in total. The average Bonchev–Trinajstić information content (AvgIpc) is 2.03. The smallest absolute Gasteiger partial charge is 0.129 e. The number of hydrogen-bond donors (Lipinski definition) is 1. The first-order chi connectivity index (χ1) is 5.66. The Labute approximate surface area is 76.3 Å². The number of rotatable bonds is 2. The van der Waals surface area contributed by atoms with E-state index in [9.17, 15) is 4.39 Å². The average molecular weight is 188 g/mol. The van der Waals surface area contributed by atoms with Gasteiger partial charge in [-0.15, -0.1) is 0 Å². The van der Waals surface area contributed by atoms with E-state index in [4.69, 9.17) is 17.3 Å². The van der Waals surface area contributed by atoms with Gasteiger partial charge in [0.05, 0.1) is 0 Å². The molecule has 0 aromatic heterocycles. The molecule has 0 aliphatic rings. The van der Waals surface area contributed by atoms with Crippen molar-refractivity contribution in [3.63, 3.8) is 0 Å². The van der Waals surface area contributed by atoms with Crippen molar-refractivity contribution in [2.75, 3.05) is 0 Å². The maximum atomic E-state index is 13.1. The standard InChI is InChI=1S/C9H11ClFN/c1-2-8(12)9-6(10)4-3-5-7(9)11/h3-5,8H,2,12H2,1H3. The van der Waals surface area contributed by atoms with E-state index < -0.39 is 0 Å². The molecular weight excluding hydrogens is 177 g/mol. The van der Waals surface area contributed by atoms with Crippen LogP contribution in [0.2, 0.25) is 5.02 Å². The van der Waals surface area contributed by atoms with Crippen LogP contribution in [0.4, 0.5) is 4.39 Å². The van der Waals surface area contributed by atoms with Gasteiger partial charge in [0.1, 0.15) is 5.82 Å². The minimum absolute atomic E-state index is 0.307. The molecule has 0 amide bonds. The summed E-state index contributed by atoms with van der Waals surface area (Å²) in [5, 5.41) is 0.407. The zero-order chi connectivity index (χ0) is 9.14. The molecule has 0 radical (unpaired) electrons. The second kappa shape index (κ2) is 3.87. The van der Waals surface area contributed by atoms with Crippen LogP contribution in [-0.2, 0) is 0 Å². The summed E-state index contributed by atoms with van der Waals surface area (Å²) in [4.78, 5) is 0. The van der Waals surface area contributed by atoms with Gasteiger partial charge < -0.3 is 5.73 Å². The second-order valence-electron chi connectivity index (χ2n) is 2.65. The highest BCUT2D eigenvalue weighted by molar-refractivity contribution is 6.31. The molecule has 0 heterocycles. The van der Waals surface area contributed by atoms with Crippen LogP contribution < -0.4 is 5.73 Å². The van der Waals surface area contributed by atoms with Crippen LogP contribution >= 0.6 is 11.6 Å². The van der Waals surface area contributed by atoms with Crippen LogP contribution in [0.3, 0.4) is 0 Å². The lowest BCUT2D eigenvalue weighted by molar-refractivity contribution is 0.575. The normalized spacial score (nSPS) is 13.0. The maximum absolute atomic E-state index is 13.1. The first-order valence-corrected chi connectivity index (χ1v) is 4.24. The van der Waals surface area contributed by atoms with Crippen molar-refractivity contribution in [1.29, 1.82) is 0 Å². The molecule has 0 saturated carbocycles. The molecule has 0 bridgehead atoms. The minimum atomic E-state index is -0.322. The molecule has 1 aromatic carbocycles. The Morgan fingerprint density at radius 2 is 2.25 bits per heavy atom. The third-order valence-electron chi connectivity index (χ3n) is 1.81. The Morgan fingerprint density at radius 1 is 1.58 bits per heavy atom. The third-order valence-corrected chi connectivity index (χ3v) is 2.14. The van der Waals surface area contributed by atoms with Crippen molar-refractivity contribution < 1.29 is 4.39 Å². The molecular formula is C9H11ClFN. The van der Waals surface area contributed by atoms with Crippen LogP contribution in [0.25, 0.3) is 0 Å². The fourth-order valence-corrected chi connectivity index (χ4v) is 1.37. The van der Waals surface area contributed by atoms with Gasteiger partial charge in [0.2, 0.25) is 0 Å². The van der Waals surface area contributed by atoms with Crippen LogP contribution in [0, 0.1) is 5.82 Å². The zero-order valence-electron chi connectivity index (χ0n) is 6.85. The largest absolute Gasteiger partial charge is 0.324 e. The molecule has 0 saturated heterocycles. The lowest BCUT2D eigenvalue weighted by Crippen LogP contribution is -2.11. The molecule has 0 fully saturated rings. The van der Waals surface area contributed by atoms with Crippen molar-refractivity contribution in [3.05, 3.63) is 34.6 Å². The minimum Gasteiger partial charge on any atom is -0.324 e. The van der Waals surface area contributed by atoms with E-state index >= 15 is 0 Å². The maximum Gasteiger partial charge on any atom is 0.129 e. The molecule has 1 aromatic rings. The van der Waals surface area contributed by atoms with Gasteiger partial charge in [0, 0.05) is 16.6 Å². The van der Waals surface area contributed by atoms with Crippen molar-refractivity contribution in [1.82, 2.24) is 0 Å². The van der Waals surface area contributed by atoms with Gasteiger partial charge in [0.15, 0.2) is 0 Å². The van der Waals surface area contributed by atoms with E-state index in [0.29, 0.717) is 17.0 Å². The number of hydrogen-bond acceptors (Lipinski definition) is 1. The molecule has 1 nitrogen and oxygen atoms in total. The Balaban J connectivity index is 3.12. The molecule has 3 heteroatoms. The first-order valence-electron chi connectivity index (χ1n) is 3.86.